The quantitative estimate of drug-likeness (QED) is 0.447. The molecule has 1 N–H and O–H groups in total. The third-order valence-corrected chi connectivity index (χ3v) is 5.22. The molecule has 6 heteroatoms. The maximum atomic E-state index is 12.8. The zero-order valence-corrected chi connectivity index (χ0v) is 17.7. The molecule has 2 aromatic carbocycles. The molecule has 0 bridgehead atoms. The van der Waals surface area contributed by atoms with Crippen molar-refractivity contribution in [3.8, 4) is 11.5 Å². The fourth-order valence-corrected chi connectivity index (χ4v) is 3.46. The van der Waals surface area contributed by atoms with Crippen LogP contribution in [0.25, 0.3) is 0 Å². The average molecular weight is 411 g/mol. The Kier molecular flexibility index (Phi) is 7.85. The maximum absolute atomic E-state index is 12.8. The second-order valence-electron chi connectivity index (χ2n) is 7.46. The molecule has 1 fully saturated rings. The Balaban J connectivity index is 1.53. The van der Waals surface area contributed by atoms with Crippen LogP contribution in [0.2, 0.25) is 0 Å². The smallest absolute Gasteiger partial charge is 0.251 e. The maximum Gasteiger partial charge on any atom is 0.251 e. The minimum absolute atomic E-state index is 0.157. The second kappa shape index (κ2) is 10.8. The third-order valence-electron chi connectivity index (χ3n) is 5.22. The van der Waals surface area contributed by atoms with Crippen LogP contribution < -0.4 is 19.7 Å². The molecule has 1 heterocycles. The van der Waals surface area contributed by atoms with Crippen molar-refractivity contribution in [2.24, 2.45) is 0 Å². The fourth-order valence-electron chi connectivity index (χ4n) is 3.46. The van der Waals surface area contributed by atoms with Crippen molar-refractivity contribution >= 4 is 17.5 Å². The van der Waals surface area contributed by atoms with Gasteiger partial charge in [-0.15, -0.1) is 0 Å². The van der Waals surface area contributed by atoms with Gasteiger partial charge in [-0.2, -0.15) is 0 Å². The van der Waals surface area contributed by atoms with Crippen LogP contribution in [0.3, 0.4) is 0 Å². The summed E-state index contributed by atoms with van der Waals surface area (Å²) in [5, 5.41) is 3.19. The Hall–Kier alpha value is -2.86. The van der Waals surface area contributed by atoms with Gasteiger partial charge in [0.15, 0.2) is 0 Å². The van der Waals surface area contributed by atoms with Crippen LogP contribution in [-0.4, -0.2) is 31.6 Å². The van der Waals surface area contributed by atoms with Gasteiger partial charge in [0.25, 0.3) is 5.91 Å². The molecule has 0 radical (unpaired) electrons. The standard InChI is InChI=1S/C24H30N2O4/c1-3-4-5-6-15-30-21-13-9-19(10-14-21)26-23(27)16-22(24(26)28)25-17-18-7-11-20(29-2)12-8-18/h7-14,22,25H,3-6,15-17H2,1-2H3/t22-/m0/s1. The molecule has 0 unspecified atom stereocenters. The predicted octanol–water partition coefficient (Wildman–Crippen LogP) is 4.08. The van der Waals surface area contributed by atoms with Gasteiger partial charge in [-0.3, -0.25) is 9.59 Å². The highest BCUT2D eigenvalue weighted by Crippen LogP contribution is 2.25. The SMILES string of the molecule is CCCCCCOc1ccc(N2C(=O)C[C@H](NCc3ccc(OC)cc3)C2=O)cc1. The number of methoxy groups -OCH3 is 1. The number of nitrogens with one attached hydrogen (secondary N) is 1. The lowest BCUT2D eigenvalue weighted by Crippen LogP contribution is -2.38. The first-order valence-corrected chi connectivity index (χ1v) is 10.6. The molecule has 1 atom stereocenters. The molecule has 0 aliphatic carbocycles. The first kappa shape index (κ1) is 21.8. The average Bonchev–Trinajstić information content (AvgIpc) is 3.06. The Morgan fingerprint density at radius 3 is 2.33 bits per heavy atom. The van der Waals surface area contributed by atoms with Crippen molar-refractivity contribution in [3.63, 3.8) is 0 Å². The topological polar surface area (TPSA) is 67.9 Å². The van der Waals surface area contributed by atoms with E-state index in [0.717, 1.165) is 29.9 Å². The number of amides is 2. The minimum atomic E-state index is -0.519. The van der Waals surface area contributed by atoms with Crippen LogP contribution in [0.15, 0.2) is 48.5 Å². The Morgan fingerprint density at radius 1 is 0.967 bits per heavy atom. The van der Waals surface area contributed by atoms with Gasteiger partial charge >= 0.3 is 0 Å². The van der Waals surface area contributed by atoms with Crippen LogP contribution in [0.4, 0.5) is 5.69 Å². The Bertz CT molecular complexity index is 833. The molecule has 6 nitrogen and oxygen atoms in total. The number of hydrogen-bond donors (Lipinski definition) is 1. The number of ether oxygens (including phenoxy) is 2. The highest BCUT2D eigenvalue weighted by atomic mass is 16.5. The van der Waals surface area contributed by atoms with Crippen molar-refractivity contribution < 1.29 is 19.1 Å². The first-order chi connectivity index (χ1) is 14.6. The van der Waals surface area contributed by atoms with Crippen molar-refractivity contribution in [2.45, 2.75) is 51.6 Å². The summed E-state index contributed by atoms with van der Waals surface area (Å²) in [6.07, 6.45) is 4.76. The number of rotatable bonds is 11. The first-order valence-electron chi connectivity index (χ1n) is 10.6. The van der Waals surface area contributed by atoms with Gasteiger partial charge in [0.2, 0.25) is 5.91 Å². The van der Waals surface area contributed by atoms with E-state index >= 15 is 0 Å². The van der Waals surface area contributed by atoms with Gasteiger partial charge < -0.3 is 14.8 Å². The summed E-state index contributed by atoms with van der Waals surface area (Å²) in [5.41, 5.74) is 1.60. The van der Waals surface area contributed by atoms with E-state index in [2.05, 4.69) is 12.2 Å². The van der Waals surface area contributed by atoms with E-state index in [0.29, 0.717) is 18.8 Å². The molecule has 0 aromatic heterocycles. The van der Waals surface area contributed by atoms with Gasteiger partial charge in [0.1, 0.15) is 11.5 Å². The summed E-state index contributed by atoms with van der Waals surface area (Å²) in [7, 11) is 1.62. The zero-order valence-electron chi connectivity index (χ0n) is 17.7. The van der Waals surface area contributed by atoms with Crippen molar-refractivity contribution in [3.05, 3.63) is 54.1 Å². The number of carbonyl (C=O) groups excluding carboxylic acids is 2. The second-order valence-corrected chi connectivity index (χ2v) is 7.46. The number of unbranched alkanes of at least 4 members (excludes halogenated alkanes) is 3. The molecule has 1 aliphatic heterocycles. The Morgan fingerprint density at radius 2 is 1.67 bits per heavy atom. The summed E-state index contributed by atoms with van der Waals surface area (Å²) >= 11 is 0. The number of imide groups is 1. The third kappa shape index (κ3) is 5.60. The molecule has 2 amide bonds. The number of anilines is 1. The summed E-state index contributed by atoms with van der Waals surface area (Å²) in [4.78, 5) is 26.5. The predicted molar refractivity (Wildman–Crippen MR) is 117 cm³/mol. The lowest BCUT2D eigenvalue weighted by Gasteiger charge is -2.16. The molecular weight excluding hydrogens is 380 g/mol. The molecule has 1 aliphatic rings. The lowest BCUT2D eigenvalue weighted by molar-refractivity contribution is -0.121. The molecular formula is C24H30N2O4. The van der Waals surface area contributed by atoms with E-state index in [-0.39, 0.29) is 18.2 Å². The van der Waals surface area contributed by atoms with Crippen molar-refractivity contribution in [1.82, 2.24) is 5.32 Å². The lowest BCUT2D eigenvalue weighted by atomic mass is 10.2. The van der Waals surface area contributed by atoms with Crippen LogP contribution >= 0.6 is 0 Å². The summed E-state index contributed by atoms with van der Waals surface area (Å²) in [5.74, 6) is 1.12. The molecule has 1 saturated heterocycles. The number of carbonyl (C=O) groups is 2. The van der Waals surface area contributed by atoms with E-state index in [1.807, 2.05) is 36.4 Å². The van der Waals surface area contributed by atoms with Gasteiger partial charge in [-0.25, -0.2) is 4.90 Å². The van der Waals surface area contributed by atoms with Crippen LogP contribution in [0.5, 0.6) is 11.5 Å². The van der Waals surface area contributed by atoms with Crippen LogP contribution in [-0.2, 0) is 16.1 Å². The largest absolute Gasteiger partial charge is 0.497 e. The van der Waals surface area contributed by atoms with Crippen molar-refractivity contribution in [2.75, 3.05) is 18.6 Å². The summed E-state index contributed by atoms with van der Waals surface area (Å²) < 4.78 is 10.9. The zero-order chi connectivity index (χ0) is 21.3. The highest BCUT2D eigenvalue weighted by molar-refractivity contribution is 6.22. The number of hydrogen-bond acceptors (Lipinski definition) is 5. The monoisotopic (exact) mass is 410 g/mol. The van der Waals surface area contributed by atoms with Crippen molar-refractivity contribution in [1.29, 1.82) is 0 Å². The summed E-state index contributed by atoms with van der Waals surface area (Å²) in [6.45, 7) is 3.37. The molecule has 30 heavy (non-hydrogen) atoms. The number of benzene rings is 2. The molecule has 0 spiro atoms. The van der Waals surface area contributed by atoms with Gasteiger partial charge in [-0.1, -0.05) is 38.3 Å². The van der Waals surface area contributed by atoms with E-state index < -0.39 is 6.04 Å². The normalized spacial score (nSPS) is 16.2. The highest BCUT2D eigenvalue weighted by Gasteiger charge is 2.39. The molecule has 160 valence electrons. The molecule has 0 saturated carbocycles. The summed E-state index contributed by atoms with van der Waals surface area (Å²) in [6, 6.07) is 14.3. The molecule has 3 rings (SSSR count). The van der Waals surface area contributed by atoms with Crippen LogP contribution in [0, 0.1) is 0 Å². The van der Waals surface area contributed by atoms with Crippen LogP contribution in [0.1, 0.15) is 44.6 Å². The van der Waals surface area contributed by atoms with Gasteiger partial charge in [-0.05, 0) is 48.4 Å². The minimum Gasteiger partial charge on any atom is -0.497 e. The van der Waals surface area contributed by atoms with Gasteiger partial charge in [0, 0.05) is 6.54 Å². The van der Waals surface area contributed by atoms with Gasteiger partial charge in [0.05, 0.1) is 31.9 Å². The Labute approximate surface area is 178 Å². The molecule has 2 aromatic rings. The van der Waals surface area contributed by atoms with E-state index in [9.17, 15) is 9.59 Å². The van der Waals surface area contributed by atoms with E-state index in [1.54, 1.807) is 19.2 Å². The fraction of sp³-hybridized carbons (Fsp3) is 0.417. The number of nitrogens with zero attached hydrogens (tertiary/aromatic N) is 1. The van der Waals surface area contributed by atoms with E-state index in [4.69, 9.17) is 9.47 Å². The van der Waals surface area contributed by atoms with E-state index in [1.165, 1.54) is 17.7 Å².